The second-order valence-electron chi connectivity index (χ2n) is 21.6. The molecule has 0 spiro atoms. The van der Waals surface area contributed by atoms with E-state index in [1.165, 1.54) is 135 Å². The molecule has 0 aliphatic carbocycles. The Bertz CT molecular complexity index is 1760. The highest BCUT2D eigenvalue weighted by Crippen LogP contribution is 2.16. The van der Waals surface area contributed by atoms with E-state index in [9.17, 15) is 14.4 Å². The Hall–Kier alpha value is -4.71. The molecule has 1 unspecified atom stereocenters. The third kappa shape index (κ3) is 66.0. The van der Waals surface area contributed by atoms with Crippen molar-refractivity contribution in [3.63, 3.8) is 0 Å². The van der Waals surface area contributed by atoms with Gasteiger partial charge < -0.3 is 14.2 Å². The molecule has 6 nitrogen and oxygen atoms in total. The molecule has 0 saturated heterocycles. The Morgan fingerprint density at radius 2 is 0.506 bits per heavy atom. The number of unbranched alkanes of at least 4 members (excludes halogenated alkanes) is 24. The van der Waals surface area contributed by atoms with E-state index in [4.69, 9.17) is 14.2 Å². The van der Waals surface area contributed by atoms with Crippen LogP contribution in [0.4, 0.5) is 0 Å². The van der Waals surface area contributed by atoms with Crippen molar-refractivity contribution in [2.75, 3.05) is 13.2 Å². The molecule has 81 heavy (non-hydrogen) atoms. The number of carbonyl (C=O) groups is 3. The molecule has 0 aliphatic heterocycles. The molecule has 0 heterocycles. The number of hydrogen-bond acceptors (Lipinski definition) is 6. The Balaban J connectivity index is 4.47. The van der Waals surface area contributed by atoms with Crippen LogP contribution >= 0.6 is 0 Å². The quantitative estimate of drug-likeness (QED) is 0.0261. The highest BCUT2D eigenvalue weighted by atomic mass is 16.6. The third-order valence-corrected chi connectivity index (χ3v) is 13.8. The summed E-state index contributed by atoms with van der Waals surface area (Å²) in [5.41, 5.74) is 0. The maximum Gasteiger partial charge on any atom is 0.306 e. The predicted molar refractivity (Wildman–Crippen MR) is 352 cm³/mol. The van der Waals surface area contributed by atoms with Gasteiger partial charge in [0.1, 0.15) is 13.2 Å². The van der Waals surface area contributed by atoms with Crippen molar-refractivity contribution in [2.45, 2.75) is 297 Å². The van der Waals surface area contributed by atoms with Crippen LogP contribution < -0.4 is 0 Å². The summed E-state index contributed by atoms with van der Waals surface area (Å²) in [5, 5.41) is 0. The Kier molecular flexibility index (Phi) is 63.9. The van der Waals surface area contributed by atoms with Crippen molar-refractivity contribution in [2.24, 2.45) is 0 Å². The zero-order valence-corrected chi connectivity index (χ0v) is 52.5. The molecule has 0 amide bonds. The summed E-state index contributed by atoms with van der Waals surface area (Å²) in [4.78, 5) is 38.4. The van der Waals surface area contributed by atoms with Gasteiger partial charge in [-0.1, -0.05) is 289 Å². The van der Waals surface area contributed by atoms with Gasteiger partial charge in [0.25, 0.3) is 0 Å². The molecule has 0 aromatic carbocycles. The van der Waals surface area contributed by atoms with Gasteiger partial charge in [-0.3, -0.25) is 14.4 Å². The Labute approximate surface area is 499 Å². The first-order valence-electron chi connectivity index (χ1n) is 33.3. The van der Waals surface area contributed by atoms with Crippen molar-refractivity contribution < 1.29 is 28.6 Å². The van der Waals surface area contributed by atoms with Gasteiger partial charge in [0, 0.05) is 19.3 Å². The molecule has 0 rings (SSSR count). The largest absolute Gasteiger partial charge is 0.462 e. The van der Waals surface area contributed by atoms with Crippen molar-refractivity contribution in [1.82, 2.24) is 0 Å². The van der Waals surface area contributed by atoms with E-state index in [1.54, 1.807) is 0 Å². The molecule has 6 heteroatoms. The van der Waals surface area contributed by atoms with Crippen LogP contribution in [0.5, 0.6) is 0 Å². The summed E-state index contributed by atoms with van der Waals surface area (Å²) in [6, 6.07) is 0. The van der Waals surface area contributed by atoms with E-state index in [2.05, 4.69) is 161 Å². The zero-order chi connectivity index (χ0) is 58.5. The fourth-order valence-electron chi connectivity index (χ4n) is 8.90. The molecule has 0 bridgehead atoms. The van der Waals surface area contributed by atoms with Crippen molar-refractivity contribution in [1.29, 1.82) is 0 Å². The molecule has 0 radical (unpaired) electrons. The first kappa shape index (κ1) is 76.3. The number of esters is 3. The van der Waals surface area contributed by atoms with Gasteiger partial charge in [0.05, 0.1) is 0 Å². The van der Waals surface area contributed by atoms with Crippen LogP contribution in [0.2, 0.25) is 0 Å². The minimum Gasteiger partial charge on any atom is -0.462 e. The van der Waals surface area contributed by atoms with Crippen LogP contribution in [-0.4, -0.2) is 37.2 Å². The molecule has 0 aliphatic rings. The molecular weight excluding hydrogens is 997 g/mol. The highest BCUT2D eigenvalue weighted by Gasteiger charge is 2.19. The zero-order valence-electron chi connectivity index (χ0n) is 52.5. The number of rotatable bonds is 59. The molecular formula is C75H122O6. The fraction of sp³-hybridized carbons (Fsp3) is 0.640. The van der Waals surface area contributed by atoms with E-state index >= 15 is 0 Å². The van der Waals surface area contributed by atoms with Crippen LogP contribution in [0.15, 0.2) is 146 Å². The lowest BCUT2D eigenvalue weighted by Gasteiger charge is -2.18. The lowest BCUT2D eigenvalue weighted by atomic mass is 10.0. The topological polar surface area (TPSA) is 78.9 Å². The van der Waals surface area contributed by atoms with Crippen molar-refractivity contribution in [3.05, 3.63) is 146 Å². The highest BCUT2D eigenvalue weighted by molar-refractivity contribution is 5.71. The van der Waals surface area contributed by atoms with Gasteiger partial charge in [0.2, 0.25) is 0 Å². The van der Waals surface area contributed by atoms with Crippen LogP contribution in [0.3, 0.4) is 0 Å². The summed E-state index contributed by atoms with van der Waals surface area (Å²) in [7, 11) is 0. The Morgan fingerprint density at radius 3 is 0.802 bits per heavy atom. The molecule has 0 N–H and O–H groups in total. The fourth-order valence-corrected chi connectivity index (χ4v) is 8.90. The molecule has 0 aromatic heterocycles. The third-order valence-electron chi connectivity index (χ3n) is 13.8. The maximum atomic E-state index is 12.9. The number of carbonyl (C=O) groups excluding carboxylic acids is 3. The lowest BCUT2D eigenvalue weighted by molar-refractivity contribution is -0.166. The van der Waals surface area contributed by atoms with Crippen LogP contribution in [-0.2, 0) is 28.6 Å². The molecule has 1 atom stereocenters. The minimum atomic E-state index is -0.829. The van der Waals surface area contributed by atoms with Gasteiger partial charge in [-0.05, 0) is 128 Å². The van der Waals surface area contributed by atoms with E-state index in [-0.39, 0.29) is 31.6 Å². The lowest BCUT2D eigenvalue weighted by Crippen LogP contribution is -2.30. The van der Waals surface area contributed by atoms with E-state index in [0.29, 0.717) is 19.3 Å². The van der Waals surface area contributed by atoms with Crippen molar-refractivity contribution in [3.8, 4) is 0 Å². The molecule has 0 aromatic rings. The number of hydrogen-bond donors (Lipinski definition) is 0. The first-order chi connectivity index (χ1) is 40.0. The van der Waals surface area contributed by atoms with Crippen LogP contribution in [0.1, 0.15) is 290 Å². The normalized spacial score (nSPS) is 13.1. The van der Waals surface area contributed by atoms with E-state index in [1.807, 2.05) is 6.08 Å². The minimum absolute atomic E-state index is 0.114. The average molecular weight is 1120 g/mol. The average Bonchev–Trinajstić information content (AvgIpc) is 3.47. The SMILES string of the molecule is CC/C=C\C/C=C\C/C=C\C/C=C\C/C=C\C/C=C\CCC(=O)OC(COC(=O)CCCCCCCCCCC/C=C\C/C=C\CCCCC)COC(=O)CCCCCCCCCCCCCC/C=C\C/C=C\C/C=C\C/C=C\CC. The van der Waals surface area contributed by atoms with Gasteiger partial charge >= 0.3 is 17.9 Å². The van der Waals surface area contributed by atoms with E-state index < -0.39 is 12.1 Å². The summed E-state index contributed by atoms with van der Waals surface area (Å²) in [6.45, 7) is 6.34. The maximum absolute atomic E-state index is 12.9. The van der Waals surface area contributed by atoms with Gasteiger partial charge in [-0.2, -0.15) is 0 Å². The molecule has 0 fully saturated rings. The summed E-state index contributed by atoms with van der Waals surface area (Å²) >= 11 is 0. The van der Waals surface area contributed by atoms with Crippen LogP contribution in [0.25, 0.3) is 0 Å². The second kappa shape index (κ2) is 67.8. The second-order valence-corrected chi connectivity index (χ2v) is 21.6. The Morgan fingerprint density at radius 1 is 0.259 bits per heavy atom. The monoisotopic (exact) mass is 1120 g/mol. The number of ether oxygens (including phenoxy) is 3. The smallest absolute Gasteiger partial charge is 0.306 e. The number of allylic oxidation sites excluding steroid dienone is 24. The van der Waals surface area contributed by atoms with Gasteiger partial charge in [-0.15, -0.1) is 0 Å². The standard InChI is InChI=1S/C75H122O6/c1-4-7-10-13-16-19-22-25-28-31-34-35-36-37-38-39-42-44-47-50-53-56-59-62-65-68-74(77)80-71-72(81-75(78)69-66-63-60-57-54-51-48-45-41-33-30-27-24-21-18-15-12-9-6-3)70-79-73(76)67-64-61-58-55-52-49-46-43-40-32-29-26-23-20-17-14-11-8-5-2/h7,9-10,12,16-21,25-30,34-35,41,45,51,54,60,63,72H,4-6,8,11,13-15,22-24,31-33,36-40,42-44,46-50,52-53,55-59,61-62,64-71H2,1-3H3/b10-7-,12-9-,19-16-,20-17-,21-18-,28-25-,29-26-,30-27-,35-34-,45-41-,54-51-,63-60-. The molecule has 0 saturated carbocycles. The molecule has 458 valence electrons. The van der Waals surface area contributed by atoms with Crippen LogP contribution in [0, 0.1) is 0 Å². The summed E-state index contributed by atoms with van der Waals surface area (Å²) < 4.78 is 16.9. The summed E-state index contributed by atoms with van der Waals surface area (Å²) in [6.07, 6.45) is 97.2. The summed E-state index contributed by atoms with van der Waals surface area (Å²) in [5.74, 6) is -1.00. The van der Waals surface area contributed by atoms with Crippen molar-refractivity contribution >= 4 is 17.9 Å². The van der Waals surface area contributed by atoms with E-state index in [0.717, 1.165) is 109 Å². The van der Waals surface area contributed by atoms with Gasteiger partial charge in [0.15, 0.2) is 6.10 Å². The predicted octanol–water partition coefficient (Wildman–Crippen LogP) is 23.1. The van der Waals surface area contributed by atoms with Gasteiger partial charge in [-0.25, -0.2) is 0 Å². The first-order valence-corrected chi connectivity index (χ1v) is 33.3.